The van der Waals surface area contributed by atoms with Gasteiger partial charge in [0.2, 0.25) is 5.91 Å². The number of benzene rings is 2. The average Bonchev–Trinajstić information content (AvgIpc) is 2.78. The van der Waals surface area contributed by atoms with Gasteiger partial charge in [0, 0.05) is 36.3 Å². The van der Waals surface area contributed by atoms with E-state index < -0.39 is 0 Å². The van der Waals surface area contributed by atoms with E-state index >= 15 is 0 Å². The lowest BCUT2D eigenvalue weighted by atomic mass is 10.0. The summed E-state index contributed by atoms with van der Waals surface area (Å²) in [7, 11) is 3.10. The predicted octanol–water partition coefficient (Wildman–Crippen LogP) is 3.79. The van der Waals surface area contributed by atoms with Crippen molar-refractivity contribution in [2.24, 2.45) is 0 Å². The van der Waals surface area contributed by atoms with E-state index in [4.69, 9.17) is 21.1 Å². The Morgan fingerprint density at radius 2 is 1.77 bits per heavy atom. The molecular formula is C23H25ClN2O4. The first-order chi connectivity index (χ1) is 14.5. The van der Waals surface area contributed by atoms with Crippen molar-refractivity contribution in [3.8, 4) is 11.5 Å². The number of hydrogen-bond acceptors (Lipinski definition) is 4. The Kier molecular flexibility index (Phi) is 7.36. The number of methoxy groups -OCH3 is 2. The molecule has 2 aromatic rings. The van der Waals surface area contributed by atoms with Crippen molar-refractivity contribution >= 4 is 29.5 Å². The van der Waals surface area contributed by atoms with Crippen LogP contribution in [0.1, 0.15) is 28.8 Å². The van der Waals surface area contributed by atoms with Crippen molar-refractivity contribution in [2.45, 2.75) is 18.9 Å². The van der Waals surface area contributed by atoms with Crippen LogP contribution in [0.25, 0.3) is 6.08 Å². The van der Waals surface area contributed by atoms with Gasteiger partial charge in [-0.05, 0) is 48.7 Å². The molecule has 2 aromatic carbocycles. The Morgan fingerprint density at radius 3 is 2.40 bits per heavy atom. The SMILES string of the molecule is COc1ccc(C(=O)N2CCC(NC(=O)/C=C/c3ccc(Cl)cc3)CC2)c(OC)c1. The number of amides is 2. The molecule has 3 rings (SSSR count). The first-order valence-electron chi connectivity index (χ1n) is 9.75. The molecule has 1 fully saturated rings. The predicted molar refractivity (Wildman–Crippen MR) is 117 cm³/mol. The van der Waals surface area contributed by atoms with Gasteiger partial charge in [-0.25, -0.2) is 0 Å². The third kappa shape index (κ3) is 5.54. The maximum Gasteiger partial charge on any atom is 0.257 e. The summed E-state index contributed by atoms with van der Waals surface area (Å²) in [6.07, 6.45) is 4.67. The molecule has 1 aliphatic heterocycles. The average molecular weight is 429 g/mol. The molecule has 1 N–H and O–H groups in total. The van der Waals surface area contributed by atoms with E-state index in [1.54, 1.807) is 48.4 Å². The van der Waals surface area contributed by atoms with Crippen molar-refractivity contribution in [3.63, 3.8) is 0 Å². The minimum absolute atomic E-state index is 0.0363. The largest absolute Gasteiger partial charge is 0.497 e. The molecule has 0 atom stereocenters. The molecule has 0 saturated carbocycles. The molecule has 6 nitrogen and oxygen atoms in total. The van der Waals surface area contributed by atoms with Crippen molar-refractivity contribution in [1.82, 2.24) is 10.2 Å². The first-order valence-corrected chi connectivity index (χ1v) is 10.1. The van der Waals surface area contributed by atoms with Gasteiger partial charge >= 0.3 is 0 Å². The number of carbonyl (C=O) groups excluding carboxylic acids is 2. The van der Waals surface area contributed by atoms with Gasteiger partial charge in [-0.15, -0.1) is 0 Å². The Hall–Kier alpha value is -2.99. The summed E-state index contributed by atoms with van der Waals surface area (Å²) in [4.78, 5) is 26.9. The molecule has 158 valence electrons. The van der Waals surface area contributed by atoms with E-state index in [-0.39, 0.29) is 17.9 Å². The molecule has 0 radical (unpaired) electrons. The maximum atomic E-state index is 12.9. The first kappa shape index (κ1) is 21.7. The maximum absolute atomic E-state index is 12.9. The molecule has 0 unspecified atom stereocenters. The molecule has 7 heteroatoms. The highest BCUT2D eigenvalue weighted by Gasteiger charge is 2.26. The van der Waals surface area contributed by atoms with Crippen LogP contribution in [0.2, 0.25) is 5.02 Å². The van der Waals surface area contributed by atoms with Crippen molar-refractivity contribution < 1.29 is 19.1 Å². The summed E-state index contributed by atoms with van der Waals surface area (Å²) in [5.74, 6) is 0.895. The number of nitrogens with one attached hydrogen (secondary N) is 1. The molecule has 0 aliphatic carbocycles. The highest BCUT2D eigenvalue weighted by atomic mass is 35.5. The lowest BCUT2D eigenvalue weighted by Crippen LogP contribution is -2.46. The monoisotopic (exact) mass is 428 g/mol. The molecule has 30 heavy (non-hydrogen) atoms. The number of hydrogen-bond donors (Lipinski definition) is 1. The number of rotatable bonds is 6. The summed E-state index contributed by atoms with van der Waals surface area (Å²) in [6.45, 7) is 1.14. The van der Waals surface area contributed by atoms with E-state index in [1.807, 2.05) is 12.1 Å². The lowest BCUT2D eigenvalue weighted by molar-refractivity contribution is -0.117. The topological polar surface area (TPSA) is 67.9 Å². The zero-order chi connectivity index (χ0) is 21.5. The van der Waals surface area contributed by atoms with E-state index in [0.717, 1.165) is 5.56 Å². The second-order valence-corrected chi connectivity index (χ2v) is 7.46. The minimum atomic E-state index is -0.147. The number of nitrogens with zero attached hydrogens (tertiary/aromatic N) is 1. The second-order valence-electron chi connectivity index (χ2n) is 7.03. The van der Waals surface area contributed by atoms with Crippen LogP contribution >= 0.6 is 11.6 Å². The number of halogens is 1. The Labute approximate surface area is 181 Å². The van der Waals surface area contributed by atoms with Crippen molar-refractivity contribution in [2.75, 3.05) is 27.3 Å². The molecule has 1 heterocycles. The Bertz CT molecular complexity index is 919. The van der Waals surface area contributed by atoms with Crippen molar-refractivity contribution in [1.29, 1.82) is 0 Å². The molecule has 1 aliphatic rings. The third-order valence-electron chi connectivity index (χ3n) is 5.06. The fourth-order valence-corrected chi connectivity index (χ4v) is 3.49. The van der Waals surface area contributed by atoms with Crippen LogP contribution in [-0.4, -0.2) is 50.1 Å². The summed E-state index contributed by atoms with van der Waals surface area (Å²) in [5.41, 5.74) is 1.41. The summed E-state index contributed by atoms with van der Waals surface area (Å²) < 4.78 is 10.5. The van der Waals surface area contributed by atoms with Crippen LogP contribution in [0.5, 0.6) is 11.5 Å². The van der Waals surface area contributed by atoms with Gasteiger partial charge in [-0.3, -0.25) is 9.59 Å². The molecule has 0 bridgehead atoms. The summed E-state index contributed by atoms with van der Waals surface area (Å²) in [5, 5.41) is 3.66. The van der Waals surface area contributed by atoms with Crippen LogP contribution in [0.15, 0.2) is 48.5 Å². The number of piperidine rings is 1. The fourth-order valence-electron chi connectivity index (χ4n) is 3.37. The van der Waals surface area contributed by atoms with Crippen LogP contribution in [0.4, 0.5) is 0 Å². The van der Waals surface area contributed by atoms with Gasteiger partial charge < -0.3 is 19.7 Å². The Morgan fingerprint density at radius 1 is 1.07 bits per heavy atom. The van der Waals surface area contributed by atoms with E-state index in [0.29, 0.717) is 48.0 Å². The third-order valence-corrected chi connectivity index (χ3v) is 5.32. The fraction of sp³-hybridized carbons (Fsp3) is 0.304. The van der Waals surface area contributed by atoms with Gasteiger partial charge in [-0.1, -0.05) is 23.7 Å². The number of carbonyl (C=O) groups is 2. The van der Waals surface area contributed by atoms with Crippen LogP contribution in [0.3, 0.4) is 0 Å². The zero-order valence-electron chi connectivity index (χ0n) is 17.1. The van der Waals surface area contributed by atoms with Gasteiger partial charge in [0.15, 0.2) is 0 Å². The quantitative estimate of drug-likeness (QED) is 0.711. The van der Waals surface area contributed by atoms with E-state index in [1.165, 1.54) is 13.2 Å². The van der Waals surface area contributed by atoms with Gasteiger partial charge in [-0.2, -0.15) is 0 Å². The molecule has 2 amide bonds. The Balaban J connectivity index is 1.52. The normalized spacial score (nSPS) is 14.6. The highest BCUT2D eigenvalue weighted by Crippen LogP contribution is 2.26. The second kappa shape index (κ2) is 10.2. The van der Waals surface area contributed by atoms with Crippen LogP contribution < -0.4 is 14.8 Å². The molecule has 1 saturated heterocycles. The van der Waals surface area contributed by atoms with Crippen molar-refractivity contribution in [3.05, 3.63) is 64.7 Å². The number of ether oxygens (including phenoxy) is 2. The van der Waals surface area contributed by atoms with Gasteiger partial charge in [0.1, 0.15) is 11.5 Å². The summed E-state index contributed by atoms with van der Waals surface area (Å²) in [6, 6.07) is 12.5. The number of likely N-dealkylation sites (tertiary alicyclic amines) is 1. The van der Waals surface area contributed by atoms with Crippen LogP contribution in [-0.2, 0) is 4.79 Å². The van der Waals surface area contributed by atoms with Gasteiger partial charge in [0.25, 0.3) is 5.91 Å². The lowest BCUT2D eigenvalue weighted by Gasteiger charge is -2.32. The van der Waals surface area contributed by atoms with E-state index in [9.17, 15) is 9.59 Å². The summed E-state index contributed by atoms with van der Waals surface area (Å²) >= 11 is 5.86. The highest BCUT2D eigenvalue weighted by molar-refractivity contribution is 6.30. The zero-order valence-corrected chi connectivity index (χ0v) is 17.8. The van der Waals surface area contributed by atoms with Crippen LogP contribution in [0, 0.1) is 0 Å². The molecule has 0 spiro atoms. The van der Waals surface area contributed by atoms with Gasteiger partial charge in [0.05, 0.1) is 19.8 Å². The minimum Gasteiger partial charge on any atom is -0.497 e. The molecular weight excluding hydrogens is 404 g/mol. The smallest absolute Gasteiger partial charge is 0.257 e. The molecule has 0 aromatic heterocycles. The van der Waals surface area contributed by atoms with E-state index in [2.05, 4.69) is 5.32 Å². The standard InChI is InChI=1S/C23H25ClN2O4/c1-29-19-8-9-20(21(15-19)30-2)23(28)26-13-11-18(12-14-26)25-22(27)10-5-16-3-6-17(24)7-4-16/h3-10,15,18H,11-14H2,1-2H3,(H,25,27)/b10-5+.